The van der Waals surface area contributed by atoms with Gasteiger partial charge in [0.2, 0.25) is 0 Å². The van der Waals surface area contributed by atoms with Crippen LogP contribution in [0.3, 0.4) is 0 Å². The highest BCUT2D eigenvalue weighted by Gasteiger charge is 2.14. The van der Waals surface area contributed by atoms with Crippen molar-refractivity contribution in [3.8, 4) is 5.75 Å². The number of nitro groups is 1. The molecule has 0 saturated heterocycles. The van der Waals surface area contributed by atoms with Gasteiger partial charge >= 0.3 is 0 Å². The number of non-ortho nitro benzene ring substituents is 1. The highest BCUT2D eigenvalue weighted by Crippen LogP contribution is 2.26. The molecule has 6 nitrogen and oxygen atoms in total. The predicted molar refractivity (Wildman–Crippen MR) is 80.6 cm³/mol. The SMILES string of the molecule is COc1ccc([N+](=O)[O-])cc1CS(=O)c1ccc(N)cc1. The third kappa shape index (κ3) is 3.57. The maximum Gasteiger partial charge on any atom is 0.270 e. The second kappa shape index (κ2) is 6.36. The molecule has 110 valence electrons. The van der Waals surface area contributed by atoms with Gasteiger partial charge in [-0.2, -0.15) is 0 Å². The van der Waals surface area contributed by atoms with E-state index < -0.39 is 15.7 Å². The summed E-state index contributed by atoms with van der Waals surface area (Å²) in [5.41, 5.74) is 6.65. The second-order valence-corrected chi connectivity index (χ2v) is 5.76. The molecule has 0 aliphatic carbocycles. The Morgan fingerprint density at radius 3 is 2.48 bits per heavy atom. The fourth-order valence-electron chi connectivity index (χ4n) is 1.84. The van der Waals surface area contributed by atoms with Crippen molar-refractivity contribution in [2.75, 3.05) is 12.8 Å². The van der Waals surface area contributed by atoms with Gasteiger partial charge in [0.15, 0.2) is 0 Å². The van der Waals surface area contributed by atoms with Crippen LogP contribution in [0.25, 0.3) is 0 Å². The Morgan fingerprint density at radius 1 is 1.24 bits per heavy atom. The topological polar surface area (TPSA) is 95.5 Å². The number of methoxy groups -OCH3 is 1. The molecule has 21 heavy (non-hydrogen) atoms. The number of nitrogens with zero attached hydrogens (tertiary/aromatic N) is 1. The first-order valence-electron chi connectivity index (χ1n) is 6.06. The normalized spacial score (nSPS) is 11.9. The van der Waals surface area contributed by atoms with Gasteiger partial charge in [0.1, 0.15) is 5.75 Å². The van der Waals surface area contributed by atoms with Gasteiger partial charge in [-0.3, -0.25) is 14.3 Å². The third-order valence-corrected chi connectivity index (χ3v) is 4.28. The lowest BCUT2D eigenvalue weighted by Crippen LogP contribution is -2.01. The van der Waals surface area contributed by atoms with Gasteiger partial charge in [-0.05, 0) is 30.3 Å². The fraction of sp³-hybridized carbons (Fsp3) is 0.143. The van der Waals surface area contributed by atoms with E-state index in [4.69, 9.17) is 10.5 Å². The van der Waals surface area contributed by atoms with E-state index in [0.717, 1.165) is 0 Å². The standard InChI is InChI=1S/C14H14N2O4S/c1-20-14-7-4-12(16(17)18)8-10(14)9-21(19)13-5-2-11(15)3-6-13/h2-8H,9,15H2,1H3. The zero-order chi connectivity index (χ0) is 15.4. The molecule has 2 N–H and O–H groups in total. The van der Waals surface area contributed by atoms with E-state index in [0.29, 0.717) is 21.9 Å². The van der Waals surface area contributed by atoms with Gasteiger partial charge in [0.25, 0.3) is 5.69 Å². The minimum absolute atomic E-state index is 0.0555. The number of anilines is 1. The number of hydrogen-bond donors (Lipinski definition) is 1. The van der Waals surface area contributed by atoms with Crippen molar-refractivity contribution in [2.24, 2.45) is 0 Å². The van der Waals surface area contributed by atoms with Crippen LogP contribution in [0.15, 0.2) is 47.4 Å². The van der Waals surface area contributed by atoms with Crippen LogP contribution in [0.5, 0.6) is 5.75 Å². The molecule has 7 heteroatoms. The Labute approximate surface area is 124 Å². The summed E-state index contributed by atoms with van der Waals surface area (Å²) in [6, 6.07) is 10.9. The van der Waals surface area contributed by atoms with Gasteiger partial charge in [0.05, 0.1) is 28.6 Å². The van der Waals surface area contributed by atoms with Crippen molar-refractivity contribution in [3.63, 3.8) is 0 Å². The van der Waals surface area contributed by atoms with Crippen molar-refractivity contribution < 1.29 is 13.9 Å². The number of hydrogen-bond acceptors (Lipinski definition) is 5. The smallest absolute Gasteiger partial charge is 0.270 e. The van der Waals surface area contributed by atoms with E-state index in [1.54, 1.807) is 24.3 Å². The van der Waals surface area contributed by atoms with E-state index in [2.05, 4.69) is 0 Å². The molecule has 0 saturated carbocycles. The largest absolute Gasteiger partial charge is 0.496 e. The Balaban J connectivity index is 2.29. The molecular formula is C14H14N2O4S. The van der Waals surface area contributed by atoms with E-state index in [9.17, 15) is 14.3 Å². The maximum atomic E-state index is 12.3. The molecule has 0 aliphatic heterocycles. The Kier molecular flexibility index (Phi) is 4.54. The zero-order valence-corrected chi connectivity index (χ0v) is 12.1. The monoisotopic (exact) mass is 306 g/mol. The Bertz CT molecular complexity index is 686. The summed E-state index contributed by atoms with van der Waals surface area (Å²) in [5.74, 6) is 0.610. The summed E-state index contributed by atoms with van der Waals surface area (Å²) in [5, 5.41) is 10.8. The maximum absolute atomic E-state index is 12.3. The van der Waals surface area contributed by atoms with Crippen LogP contribution in [0.1, 0.15) is 5.56 Å². The zero-order valence-electron chi connectivity index (χ0n) is 11.3. The van der Waals surface area contributed by atoms with E-state index in [1.807, 2.05) is 0 Å². The highest BCUT2D eigenvalue weighted by atomic mass is 32.2. The third-order valence-electron chi connectivity index (χ3n) is 2.90. The Hall–Kier alpha value is -2.41. The average molecular weight is 306 g/mol. The van der Waals surface area contributed by atoms with Crippen molar-refractivity contribution in [2.45, 2.75) is 10.6 Å². The minimum atomic E-state index is -1.33. The van der Waals surface area contributed by atoms with Gasteiger partial charge in [-0.1, -0.05) is 0 Å². The molecule has 2 aromatic carbocycles. The van der Waals surface area contributed by atoms with E-state index >= 15 is 0 Å². The molecular weight excluding hydrogens is 292 g/mol. The van der Waals surface area contributed by atoms with Crippen LogP contribution in [-0.4, -0.2) is 16.2 Å². The van der Waals surface area contributed by atoms with E-state index in [-0.39, 0.29) is 11.4 Å². The number of ether oxygens (including phenoxy) is 1. The lowest BCUT2D eigenvalue weighted by Gasteiger charge is -2.08. The molecule has 2 aromatic rings. The number of nitrogen functional groups attached to an aromatic ring is 1. The molecule has 0 fully saturated rings. The lowest BCUT2D eigenvalue weighted by molar-refractivity contribution is -0.384. The first-order chi connectivity index (χ1) is 10.0. The molecule has 0 radical (unpaired) electrons. The average Bonchev–Trinajstić information content (AvgIpc) is 2.47. The molecule has 1 unspecified atom stereocenters. The van der Waals surface area contributed by atoms with Crippen molar-refractivity contribution in [1.82, 2.24) is 0 Å². The van der Waals surface area contributed by atoms with Crippen molar-refractivity contribution in [1.29, 1.82) is 0 Å². The van der Waals surface area contributed by atoms with Crippen LogP contribution in [0.2, 0.25) is 0 Å². The quantitative estimate of drug-likeness (QED) is 0.520. The molecule has 2 rings (SSSR count). The predicted octanol–water partition coefficient (Wildman–Crippen LogP) is 2.49. The lowest BCUT2D eigenvalue weighted by atomic mass is 10.2. The minimum Gasteiger partial charge on any atom is -0.496 e. The Morgan fingerprint density at radius 2 is 1.90 bits per heavy atom. The van der Waals surface area contributed by atoms with Crippen molar-refractivity contribution >= 4 is 22.2 Å². The number of rotatable bonds is 5. The van der Waals surface area contributed by atoms with Gasteiger partial charge < -0.3 is 10.5 Å². The van der Waals surface area contributed by atoms with Crippen molar-refractivity contribution in [3.05, 3.63) is 58.1 Å². The van der Waals surface area contributed by atoms with Crippen LogP contribution < -0.4 is 10.5 Å². The summed E-state index contributed by atoms with van der Waals surface area (Å²) in [6.45, 7) is 0. The first-order valence-corrected chi connectivity index (χ1v) is 7.38. The molecule has 1 atom stereocenters. The van der Waals surface area contributed by atoms with Crippen LogP contribution in [0.4, 0.5) is 11.4 Å². The first kappa shape index (κ1) is 15.0. The van der Waals surface area contributed by atoms with Crippen LogP contribution in [-0.2, 0) is 16.6 Å². The van der Waals surface area contributed by atoms with E-state index in [1.165, 1.54) is 25.3 Å². The molecule has 0 aliphatic rings. The molecule has 0 heterocycles. The molecule has 0 spiro atoms. The summed E-state index contributed by atoms with van der Waals surface area (Å²) in [7, 11) is 0.135. The highest BCUT2D eigenvalue weighted by molar-refractivity contribution is 7.84. The number of benzene rings is 2. The summed E-state index contributed by atoms with van der Waals surface area (Å²) >= 11 is 0. The fourth-order valence-corrected chi connectivity index (χ4v) is 2.95. The summed E-state index contributed by atoms with van der Waals surface area (Å²) in [4.78, 5) is 10.9. The number of nitrogens with two attached hydrogens (primary N) is 1. The molecule has 0 aromatic heterocycles. The number of nitro benzene ring substituents is 1. The summed E-state index contributed by atoms with van der Waals surface area (Å²) in [6.07, 6.45) is 0. The molecule has 0 amide bonds. The van der Waals surface area contributed by atoms with Gasteiger partial charge in [0, 0.05) is 28.3 Å². The van der Waals surface area contributed by atoms with Crippen LogP contribution >= 0.6 is 0 Å². The molecule has 0 bridgehead atoms. The van der Waals surface area contributed by atoms with Gasteiger partial charge in [-0.15, -0.1) is 0 Å². The summed E-state index contributed by atoms with van der Waals surface area (Å²) < 4.78 is 17.5. The van der Waals surface area contributed by atoms with Crippen LogP contribution in [0, 0.1) is 10.1 Å². The van der Waals surface area contributed by atoms with Gasteiger partial charge in [-0.25, -0.2) is 0 Å². The second-order valence-electron chi connectivity index (χ2n) is 4.31.